The van der Waals surface area contributed by atoms with Crippen molar-refractivity contribution in [2.45, 2.75) is 25.4 Å². The van der Waals surface area contributed by atoms with Crippen LogP contribution >= 0.6 is 0 Å². The molecular formula is C8H15F2NO3. The molecule has 0 saturated carbocycles. The van der Waals surface area contributed by atoms with E-state index in [-0.39, 0.29) is 12.3 Å². The Labute approximate surface area is 81.2 Å². The highest BCUT2D eigenvalue weighted by molar-refractivity contribution is 5.75. The average Bonchev–Trinajstić information content (AvgIpc) is 2.14. The van der Waals surface area contributed by atoms with E-state index in [4.69, 9.17) is 9.84 Å². The molecule has 0 bridgehead atoms. The molecule has 1 amide bonds. The first-order valence-electron chi connectivity index (χ1n) is 4.29. The molecule has 0 rings (SSSR count). The molecule has 0 fully saturated rings. The summed E-state index contributed by atoms with van der Waals surface area (Å²) in [6.07, 6.45) is -3.87. The zero-order chi connectivity index (χ0) is 11.0. The van der Waals surface area contributed by atoms with Gasteiger partial charge < -0.3 is 15.2 Å². The van der Waals surface area contributed by atoms with E-state index < -0.39 is 19.1 Å². The molecule has 0 aromatic rings. The van der Waals surface area contributed by atoms with Gasteiger partial charge in [-0.05, 0) is 6.42 Å². The fourth-order valence-electron chi connectivity index (χ4n) is 0.773. The number of nitrogens with one attached hydrogen (secondary N) is 1. The number of amides is 1. The number of rotatable bonds is 7. The van der Waals surface area contributed by atoms with E-state index >= 15 is 0 Å². The maximum Gasteiger partial charge on any atom is 0.265 e. The third kappa shape index (κ3) is 6.73. The third-order valence-corrected chi connectivity index (χ3v) is 1.55. The number of carbonyl (C=O) groups is 1. The SMILES string of the molecule is COCCCC(=O)NCC(O)C(F)F. The van der Waals surface area contributed by atoms with Gasteiger partial charge in [0.05, 0.1) is 0 Å². The van der Waals surface area contributed by atoms with Crippen LogP contribution in [-0.4, -0.2) is 43.8 Å². The minimum atomic E-state index is -2.82. The van der Waals surface area contributed by atoms with Crippen LogP contribution in [0.15, 0.2) is 0 Å². The molecule has 0 aromatic heterocycles. The summed E-state index contributed by atoms with van der Waals surface area (Å²) >= 11 is 0. The molecule has 0 saturated heterocycles. The Morgan fingerprint density at radius 1 is 1.57 bits per heavy atom. The van der Waals surface area contributed by atoms with Crippen LogP contribution in [0, 0.1) is 0 Å². The highest BCUT2D eigenvalue weighted by Gasteiger charge is 2.16. The summed E-state index contributed by atoms with van der Waals surface area (Å²) in [5.74, 6) is -0.359. The molecule has 0 aliphatic heterocycles. The van der Waals surface area contributed by atoms with Crippen LogP contribution in [0.3, 0.4) is 0 Å². The summed E-state index contributed by atoms with van der Waals surface area (Å²) in [6.45, 7) is 0.0360. The van der Waals surface area contributed by atoms with Crippen molar-refractivity contribution in [2.75, 3.05) is 20.3 Å². The van der Waals surface area contributed by atoms with Gasteiger partial charge in [-0.2, -0.15) is 0 Å². The zero-order valence-corrected chi connectivity index (χ0v) is 8.00. The topological polar surface area (TPSA) is 58.6 Å². The van der Waals surface area contributed by atoms with Gasteiger partial charge in [0.15, 0.2) is 0 Å². The first kappa shape index (κ1) is 13.2. The van der Waals surface area contributed by atoms with Crippen LogP contribution in [0.2, 0.25) is 0 Å². The molecular weight excluding hydrogens is 196 g/mol. The summed E-state index contributed by atoms with van der Waals surface area (Å²) in [5.41, 5.74) is 0. The van der Waals surface area contributed by atoms with Crippen LogP contribution in [0.4, 0.5) is 8.78 Å². The number of hydrogen-bond donors (Lipinski definition) is 2. The van der Waals surface area contributed by atoms with Crippen LogP contribution in [0.25, 0.3) is 0 Å². The molecule has 6 heteroatoms. The Balaban J connectivity index is 3.44. The average molecular weight is 211 g/mol. The number of carbonyl (C=O) groups excluding carboxylic acids is 1. The number of ether oxygens (including phenoxy) is 1. The Kier molecular flexibility index (Phi) is 7.23. The predicted octanol–water partition coefficient (Wildman–Crippen LogP) is 0.155. The number of halogens is 2. The fourth-order valence-corrected chi connectivity index (χ4v) is 0.773. The second kappa shape index (κ2) is 7.64. The van der Waals surface area contributed by atoms with Gasteiger partial charge in [0.1, 0.15) is 6.10 Å². The van der Waals surface area contributed by atoms with Gasteiger partial charge in [-0.1, -0.05) is 0 Å². The lowest BCUT2D eigenvalue weighted by atomic mass is 10.3. The minimum Gasteiger partial charge on any atom is -0.385 e. The van der Waals surface area contributed by atoms with Gasteiger partial charge in [0, 0.05) is 26.7 Å². The van der Waals surface area contributed by atoms with Gasteiger partial charge in [-0.3, -0.25) is 4.79 Å². The summed E-state index contributed by atoms with van der Waals surface area (Å²) in [4.78, 5) is 10.9. The van der Waals surface area contributed by atoms with Crippen molar-refractivity contribution >= 4 is 5.91 Å². The van der Waals surface area contributed by atoms with E-state index in [0.717, 1.165) is 0 Å². The number of alkyl halides is 2. The molecule has 1 unspecified atom stereocenters. The van der Waals surface area contributed by atoms with Gasteiger partial charge in [-0.25, -0.2) is 8.78 Å². The Hall–Kier alpha value is -0.750. The summed E-state index contributed by atoms with van der Waals surface area (Å²) < 4.78 is 28.2. The van der Waals surface area contributed by atoms with E-state index in [9.17, 15) is 13.6 Å². The quantitative estimate of drug-likeness (QED) is 0.589. The van der Waals surface area contributed by atoms with Crippen LogP contribution < -0.4 is 5.32 Å². The molecule has 84 valence electrons. The predicted molar refractivity (Wildman–Crippen MR) is 46.1 cm³/mol. The van der Waals surface area contributed by atoms with Crippen LogP contribution in [0.5, 0.6) is 0 Å². The zero-order valence-electron chi connectivity index (χ0n) is 8.00. The van der Waals surface area contributed by atoms with Crippen molar-refractivity contribution in [1.82, 2.24) is 5.32 Å². The van der Waals surface area contributed by atoms with Gasteiger partial charge in [-0.15, -0.1) is 0 Å². The summed E-state index contributed by atoms with van der Waals surface area (Å²) in [5, 5.41) is 10.9. The normalized spacial score (nSPS) is 12.9. The Bertz CT molecular complexity index is 167. The lowest BCUT2D eigenvalue weighted by Crippen LogP contribution is -2.35. The smallest absolute Gasteiger partial charge is 0.265 e. The first-order chi connectivity index (χ1) is 6.57. The number of hydrogen-bond acceptors (Lipinski definition) is 3. The second-order valence-corrected chi connectivity index (χ2v) is 2.80. The van der Waals surface area contributed by atoms with Crippen LogP contribution in [-0.2, 0) is 9.53 Å². The minimum absolute atomic E-state index is 0.212. The van der Waals surface area contributed by atoms with Crippen molar-refractivity contribution in [3.63, 3.8) is 0 Å². The molecule has 0 aromatic carbocycles. The maximum absolute atomic E-state index is 11.8. The lowest BCUT2D eigenvalue weighted by molar-refractivity contribution is -0.122. The third-order valence-electron chi connectivity index (χ3n) is 1.55. The molecule has 0 aliphatic carbocycles. The fraction of sp³-hybridized carbons (Fsp3) is 0.875. The molecule has 0 spiro atoms. The molecule has 1 atom stereocenters. The van der Waals surface area contributed by atoms with Crippen molar-refractivity contribution in [3.05, 3.63) is 0 Å². The van der Waals surface area contributed by atoms with Crippen LogP contribution in [0.1, 0.15) is 12.8 Å². The van der Waals surface area contributed by atoms with Gasteiger partial charge in [0.25, 0.3) is 6.43 Å². The number of methoxy groups -OCH3 is 1. The summed E-state index contributed by atoms with van der Waals surface area (Å²) in [6, 6.07) is 0. The molecule has 14 heavy (non-hydrogen) atoms. The van der Waals surface area contributed by atoms with Gasteiger partial charge in [0.2, 0.25) is 5.91 Å². The Morgan fingerprint density at radius 3 is 2.71 bits per heavy atom. The molecule has 4 nitrogen and oxygen atoms in total. The molecule has 2 N–H and O–H groups in total. The largest absolute Gasteiger partial charge is 0.385 e. The number of aliphatic hydroxyl groups is 1. The lowest BCUT2D eigenvalue weighted by Gasteiger charge is -2.10. The number of aliphatic hydroxyl groups excluding tert-OH is 1. The van der Waals surface area contributed by atoms with Crippen molar-refractivity contribution in [3.8, 4) is 0 Å². The molecule has 0 radical (unpaired) electrons. The molecule has 0 aliphatic rings. The van der Waals surface area contributed by atoms with Crippen molar-refractivity contribution in [2.24, 2.45) is 0 Å². The maximum atomic E-state index is 11.8. The summed E-state index contributed by atoms with van der Waals surface area (Å²) in [7, 11) is 1.51. The van der Waals surface area contributed by atoms with Crippen molar-refractivity contribution < 1.29 is 23.4 Å². The highest BCUT2D eigenvalue weighted by Crippen LogP contribution is 1.98. The van der Waals surface area contributed by atoms with E-state index in [1.165, 1.54) is 7.11 Å². The molecule has 0 heterocycles. The van der Waals surface area contributed by atoms with Crippen molar-refractivity contribution in [1.29, 1.82) is 0 Å². The highest BCUT2D eigenvalue weighted by atomic mass is 19.3. The Morgan fingerprint density at radius 2 is 2.21 bits per heavy atom. The monoisotopic (exact) mass is 211 g/mol. The van der Waals surface area contributed by atoms with E-state index in [2.05, 4.69) is 5.32 Å². The second-order valence-electron chi connectivity index (χ2n) is 2.80. The van der Waals surface area contributed by atoms with Gasteiger partial charge >= 0.3 is 0 Å². The van der Waals surface area contributed by atoms with E-state index in [1.54, 1.807) is 0 Å². The van der Waals surface area contributed by atoms with E-state index in [0.29, 0.717) is 13.0 Å². The standard InChI is InChI=1S/C8H15F2NO3/c1-14-4-2-3-7(13)11-5-6(12)8(9)10/h6,8,12H,2-5H2,1H3,(H,11,13). The van der Waals surface area contributed by atoms with E-state index in [1.807, 2.05) is 0 Å². The first-order valence-corrected chi connectivity index (χ1v) is 4.29.